The number of aryl methyl sites for hydroxylation is 1. The van der Waals surface area contributed by atoms with Crippen LogP contribution in [0.25, 0.3) is 22.5 Å². The van der Waals surface area contributed by atoms with Crippen LogP contribution in [0, 0.1) is 6.92 Å². The lowest BCUT2D eigenvalue weighted by atomic mass is 10.1. The molecule has 0 spiro atoms. The van der Waals surface area contributed by atoms with Crippen molar-refractivity contribution in [1.82, 2.24) is 15.1 Å². The summed E-state index contributed by atoms with van der Waals surface area (Å²) < 4.78 is 10.8. The molecule has 4 aromatic rings. The second-order valence-electron chi connectivity index (χ2n) is 5.23. The Hall–Kier alpha value is -2.66. The molecular weight excluding hydrogens is 314 g/mol. The van der Waals surface area contributed by atoms with Crippen LogP contribution in [0.15, 0.2) is 51.4 Å². The fourth-order valence-corrected chi connectivity index (χ4v) is 2.53. The van der Waals surface area contributed by atoms with Gasteiger partial charge in [0.1, 0.15) is 5.52 Å². The van der Waals surface area contributed by atoms with Crippen molar-refractivity contribution in [1.29, 1.82) is 0 Å². The highest BCUT2D eigenvalue weighted by molar-refractivity contribution is 6.30. The molecule has 0 aliphatic heterocycles. The number of hydrogen-bond donors (Lipinski definition) is 0. The molecule has 2 aromatic carbocycles. The van der Waals surface area contributed by atoms with Crippen molar-refractivity contribution in [2.45, 2.75) is 13.3 Å². The molecule has 0 unspecified atom stereocenters. The zero-order valence-corrected chi connectivity index (χ0v) is 13.0. The van der Waals surface area contributed by atoms with E-state index in [1.807, 2.05) is 49.4 Å². The molecule has 0 fully saturated rings. The summed E-state index contributed by atoms with van der Waals surface area (Å²) in [5.41, 5.74) is 3.43. The molecular formula is C17H12ClN3O2. The van der Waals surface area contributed by atoms with Crippen LogP contribution < -0.4 is 0 Å². The van der Waals surface area contributed by atoms with Gasteiger partial charge in [0.2, 0.25) is 11.7 Å². The molecule has 0 radical (unpaired) electrons. The van der Waals surface area contributed by atoms with Gasteiger partial charge in [0.25, 0.3) is 0 Å². The van der Waals surface area contributed by atoms with E-state index in [2.05, 4.69) is 15.1 Å². The normalized spacial score (nSPS) is 11.2. The average Bonchev–Trinajstić information content (AvgIpc) is 3.14. The van der Waals surface area contributed by atoms with E-state index in [0.717, 1.165) is 22.2 Å². The predicted octanol–water partition coefficient (Wildman–Crippen LogP) is 4.43. The minimum atomic E-state index is 0.538. The van der Waals surface area contributed by atoms with E-state index in [1.54, 1.807) is 0 Å². The van der Waals surface area contributed by atoms with Crippen LogP contribution in [-0.2, 0) is 6.42 Å². The first-order chi connectivity index (χ1) is 11.2. The highest BCUT2D eigenvalue weighted by Crippen LogP contribution is 2.23. The Morgan fingerprint density at radius 2 is 1.87 bits per heavy atom. The maximum atomic E-state index is 5.88. The van der Waals surface area contributed by atoms with Crippen LogP contribution in [0.4, 0.5) is 0 Å². The van der Waals surface area contributed by atoms with Gasteiger partial charge in [0.05, 0.1) is 6.42 Å². The van der Waals surface area contributed by atoms with Crippen molar-refractivity contribution in [3.8, 4) is 11.4 Å². The molecule has 114 valence electrons. The standard InChI is InChI=1S/C17H12ClN3O2/c1-10-19-14-9-12(4-7-15(14)22-10)17-20-16(23-21-17)8-11-2-5-13(18)6-3-11/h2-7,9H,8H2,1H3. The Bertz CT molecular complexity index is 973. The Morgan fingerprint density at radius 3 is 2.70 bits per heavy atom. The third kappa shape index (κ3) is 2.83. The summed E-state index contributed by atoms with van der Waals surface area (Å²) in [4.78, 5) is 8.76. The van der Waals surface area contributed by atoms with Gasteiger partial charge < -0.3 is 8.94 Å². The zero-order valence-electron chi connectivity index (χ0n) is 12.3. The summed E-state index contributed by atoms with van der Waals surface area (Å²) >= 11 is 5.88. The van der Waals surface area contributed by atoms with Crippen LogP contribution in [0.3, 0.4) is 0 Å². The van der Waals surface area contributed by atoms with E-state index >= 15 is 0 Å². The van der Waals surface area contributed by atoms with Gasteiger partial charge >= 0.3 is 0 Å². The van der Waals surface area contributed by atoms with Crippen LogP contribution >= 0.6 is 11.6 Å². The molecule has 0 aliphatic carbocycles. The number of hydrogen-bond acceptors (Lipinski definition) is 5. The van der Waals surface area contributed by atoms with Gasteiger partial charge in [-0.25, -0.2) is 4.98 Å². The van der Waals surface area contributed by atoms with Gasteiger partial charge in [-0.1, -0.05) is 28.9 Å². The molecule has 4 rings (SSSR count). The average molecular weight is 326 g/mol. The summed E-state index contributed by atoms with van der Waals surface area (Å²) in [5, 5.41) is 4.75. The second kappa shape index (κ2) is 5.52. The molecule has 0 N–H and O–H groups in total. The molecule has 23 heavy (non-hydrogen) atoms. The van der Waals surface area contributed by atoms with Gasteiger partial charge in [-0.2, -0.15) is 4.98 Å². The number of rotatable bonds is 3. The molecule has 0 aliphatic rings. The van der Waals surface area contributed by atoms with E-state index in [-0.39, 0.29) is 0 Å². The summed E-state index contributed by atoms with van der Waals surface area (Å²) in [6.07, 6.45) is 0.565. The molecule has 5 nitrogen and oxygen atoms in total. The Balaban J connectivity index is 1.61. The quantitative estimate of drug-likeness (QED) is 0.557. The van der Waals surface area contributed by atoms with E-state index in [1.165, 1.54) is 0 Å². The number of fused-ring (bicyclic) bond motifs is 1. The van der Waals surface area contributed by atoms with Crippen LogP contribution in [0.2, 0.25) is 5.02 Å². The number of benzene rings is 2. The first-order valence-corrected chi connectivity index (χ1v) is 7.50. The first kappa shape index (κ1) is 14.0. The zero-order chi connectivity index (χ0) is 15.8. The molecule has 2 heterocycles. The Kier molecular flexibility index (Phi) is 3.35. The van der Waals surface area contributed by atoms with E-state index < -0.39 is 0 Å². The Labute approximate surface area is 136 Å². The summed E-state index contributed by atoms with van der Waals surface area (Å²) in [5.74, 6) is 1.73. The lowest BCUT2D eigenvalue weighted by molar-refractivity contribution is 0.385. The maximum Gasteiger partial charge on any atom is 0.231 e. The van der Waals surface area contributed by atoms with Gasteiger partial charge in [-0.15, -0.1) is 0 Å². The highest BCUT2D eigenvalue weighted by Gasteiger charge is 2.11. The Morgan fingerprint density at radius 1 is 1.04 bits per heavy atom. The van der Waals surface area contributed by atoms with Gasteiger partial charge in [-0.3, -0.25) is 0 Å². The summed E-state index contributed by atoms with van der Waals surface area (Å²) in [7, 11) is 0. The van der Waals surface area contributed by atoms with Crippen molar-refractivity contribution in [2.75, 3.05) is 0 Å². The number of nitrogens with zero attached hydrogens (tertiary/aromatic N) is 3. The topological polar surface area (TPSA) is 65.0 Å². The molecule has 0 bridgehead atoms. The highest BCUT2D eigenvalue weighted by atomic mass is 35.5. The molecule has 6 heteroatoms. The van der Waals surface area contributed by atoms with E-state index in [9.17, 15) is 0 Å². The van der Waals surface area contributed by atoms with E-state index in [0.29, 0.717) is 29.0 Å². The van der Waals surface area contributed by atoms with Crippen molar-refractivity contribution < 1.29 is 8.94 Å². The van der Waals surface area contributed by atoms with Crippen molar-refractivity contribution in [3.05, 3.63) is 64.8 Å². The molecule has 0 amide bonds. The van der Waals surface area contributed by atoms with Crippen LogP contribution in [-0.4, -0.2) is 15.1 Å². The fraction of sp³-hybridized carbons (Fsp3) is 0.118. The third-order valence-corrected chi connectivity index (χ3v) is 3.74. The first-order valence-electron chi connectivity index (χ1n) is 7.12. The largest absolute Gasteiger partial charge is 0.441 e. The maximum absolute atomic E-state index is 5.88. The minimum absolute atomic E-state index is 0.538. The molecule has 0 saturated carbocycles. The lowest BCUT2D eigenvalue weighted by Crippen LogP contribution is -1.88. The predicted molar refractivity (Wildman–Crippen MR) is 86.3 cm³/mol. The molecule has 0 saturated heterocycles. The summed E-state index contributed by atoms with van der Waals surface area (Å²) in [6, 6.07) is 13.2. The van der Waals surface area contributed by atoms with Crippen molar-refractivity contribution >= 4 is 22.7 Å². The van der Waals surface area contributed by atoms with Gasteiger partial charge in [-0.05, 0) is 35.9 Å². The second-order valence-corrected chi connectivity index (χ2v) is 5.67. The summed E-state index contributed by atoms with van der Waals surface area (Å²) in [6.45, 7) is 1.82. The SMILES string of the molecule is Cc1nc2cc(-c3noc(Cc4ccc(Cl)cc4)n3)ccc2o1. The van der Waals surface area contributed by atoms with Crippen LogP contribution in [0.5, 0.6) is 0 Å². The number of aromatic nitrogens is 3. The fourth-order valence-electron chi connectivity index (χ4n) is 2.40. The van der Waals surface area contributed by atoms with Crippen LogP contribution in [0.1, 0.15) is 17.3 Å². The minimum Gasteiger partial charge on any atom is -0.441 e. The number of halogens is 1. The van der Waals surface area contributed by atoms with Gasteiger partial charge in [0, 0.05) is 17.5 Å². The van der Waals surface area contributed by atoms with Crippen molar-refractivity contribution in [2.24, 2.45) is 0 Å². The monoisotopic (exact) mass is 325 g/mol. The van der Waals surface area contributed by atoms with Gasteiger partial charge in [0.15, 0.2) is 11.5 Å². The molecule has 0 atom stereocenters. The van der Waals surface area contributed by atoms with Crippen molar-refractivity contribution in [3.63, 3.8) is 0 Å². The lowest BCUT2D eigenvalue weighted by Gasteiger charge is -1.96. The smallest absolute Gasteiger partial charge is 0.231 e. The third-order valence-electron chi connectivity index (χ3n) is 3.49. The molecule has 2 aromatic heterocycles. The number of oxazole rings is 1. The van der Waals surface area contributed by atoms with E-state index in [4.69, 9.17) is 20.5 Å².